The van der Waals surface area contributed by atoms with Gasteiger partial charge in [0.15, 0.2) is 0 Å². The monoisotopic (exact) mass is 501 g/mol. The Morgan fingerprint density at radius 1 is 0.944 bits per heavy atom. The maximum absolute atomic E-state index is 12.1. The van der Waals surface area contributed by atoms with Crippen molar-refractivity contribution < 1.29 is 9.90 Å². The standard InChI is InChI=1S/C32H39NO2S/c1-7-11-24(12-8-2)32-26-14-10-9-13-25(26)30-22(5)29(23-17-15-20(3)16-18-23)27(19-28(34)35)21(4)31(30)33(32)36-6/h9-10,13-18,24,32H,7-8,11-12,19H2,1-6H3,(H,34,35). The average molecular weight is 502 g/mol. The fraction of sp³-hybridized carbons (Fsp3) is 0.406. The predicted octanol–water partition coefficient (Wildman–Crippen LogP) is 8.93. The number of carbonyl (C=O) groups is 1. The lowest BCUT2D eigenvalue weighted by molar-refractivity contribution is -0.136. The van der Waals surface area contributed by atoms with Gasteiger partial charge in [-0.05, 0) is 78.5 Å². The molecule has 0 saturated heterocycles. The molecule has 190 valence electrons. The Kier molecular flexibility index (Phi) is 8.14. The molecule has 3 nitrogen and oxygen atoms in total. The number of hydrogen-bond acceptors (Lipinski definition) is 3. The number of anilines is 1. The van der Waals surface area contributed by atoms with Crippen LogP contribution in [0.4, 0.5) is 5.69 Å². The van der Waals surface area contributed by atoms with E-state index in [9.17, 15) is 9.90 Å². The van der Waals surface area contributed by atoms with Gasteiger partial charge < -0.3 is 9.41 Å². The lowest BCUT2D eigenvalue weighted by Gasteiger charge is -2.44. The maximum atomic E-state index is 12.1. The van der Waals surface area contributed by atoms with E-state index in [1.807, 2.05) is 0 Å². The minimum absolute atomic E-state index is 0.0189. The molecule has 0 saturated carbocycles. The SMILES string of the molecule is CCCC(CCC)C1c2ccccc2-c2c(C)c(-c3ccc(C)cc3)c(CC(=O)O)c(C)c2N1SC. The third-order valence-corrected chi connectivity index (χ3v) is 8.55. The average Bonchev–Trinajstić information content (AvgIpc) is 2.86. The number of hydrogen-bond donors (Lipinski definition) is 1. The molecule has 1 heterocycles. The first-order valence-electron chi connectivity index (χ1n) is 13.2. The molecule has 0 fully saturated rings. The van der Waals surface area contributed by atoms with Gasteiger partial charge in [-0.1, -0.05) is 92.7 Å². The number of fused-ring (bicyclic) bond motifs is 3. The van der Waals surface area contributed by atoms with E-state index in [1.165, 1.54) is 46.3 Å². The van der Waals surface area contributed by atoms with Gasteiger partial charge in [0.25, 0.3) is 0 Å². The zero-order valence-electron chi connectivity index (χ0n) is 22.5. The highest BCUT2D eigenvalue weighted by molar-refractivity contribution is 8.00. The number of rotatable bonds is 9. The van der Waals surface area contributed by atoms with Gasteiger partial charge in [-0.15, -0.1) is 0 Å². The minimum atomic E-state index is -0.788. The van der Waals surface area contributed by atoms with Crippen molar-refractivity contribution in [2.75, 3.05) is 10.6 Å². The number of nitrogens with zero attached hydrogens (tertiary/aromatic N) is 1. The summed E-state index contributed by atoms with van der Waals surface area (Å²) in [6, 6.07) is 17.7. The van der Waals surface area contributed by atoms with Crippen LogP contribution in [0.1, 0.15) is 73.4 Å². The Morgan fingerprint density at radius 3 is 2.17 bits per heavy atom. The first-order valence-corrected chi connectivity index (χ1v) is 14.4. The van der Waals surface area contributed by atoms with Crippen molar-refractivity contribution in [2.24, 2.45) is 5.92 Å². The Morgan fingerprint density at radius 2 is 1.58 bits per heavy atom. The zero-order chi connectivity index (χ0) is 26.0. The second-order valence-electron chi connectivity index (χ2n) is 10.1. The predicted molar refractivity (Wildman–Crippen MR) is 155 cm³/mol. The first-order chi connectivity index (χ1) is 17.3. The summed E-state index contributed by atoms with van der Waals surface area (Å²) in [5, 5.41) is 9.94. The van der Waals surface area contributed by atoms with Crippen molar-refractivity contribution >= 4 is 23.6 Å². The van der Waals surface area contributed by atoms with Crippen LogP contribution < -0.4 is 4.31 Å². The Balaban J connectivity index is 2.08. The van der Waals surface area contributed by atoms with Crippen LogP contribution in [-0.4, -0.2) is 17.3 Å². The molecule has 0 amide bonds. The molecule has 4 rings (SSSR count). The second-order valence-corrected chi connectivity index (χ2v) is 10.9. The molecule has 36 heavy (non-hydrogen) atoms. The van der Waals surface area contributed by atoms with Crippen molar-refractivity contribution in [3.63, 3.8) is 0 Å². The van der Waals surface area contributed by atoms with E-state index in [1.54, 1.807) is 11.9 Å². The van der Waals surface area contributed by atoms with Gasteiger partial charge >= 0.3 is 5.97 Å². The molecule has 1 N–H and O–H groups in total. The van der Waals surface area contributed by atoms with Crippen molar-refractivity contribution in [1.82, 2.24) is 0 Å². The highest BCUT2D eigenvalue weighted by Gasteiger charge is 2.38. The van der Waals surface area contributed by atoms with Gasteiger partial charge in [-0.25, -0.2) is 0 Å². The quantitative estimate of drug-likeness (QED) is 0.297. The van der Waals surface area contributed by atoms with E-state index in [0.29, 0.717) is 5.92 Å². The molecule has 0 aromatic heterocycles. The van der Waals surface area contributed by atoms with Crippen molar-refractivity contribution in [3.05, 3.63) is 76.3 Å². The van der Waals surface area contributed by atoms with E-state index in [-0.39, 0.29) is 12.5 Å². The molecule has 0 aliphatic carbocycles. The van der Waals surface area contributed by atoms with Gasteiger partial charge in [-0.2, -0.15) is 0 Å². The normalized spacial score (nSPS) is 14.6. The van der Waals surface area contributed by atoms with E-state index < -0.39 is 5.97 Å². The van der Waals surface area contributed by atoms with Crippen LogP contribution >= 0.6 is 11.9 Å². The lowest BCUT2D eigenvalue weighted by Crippen LogP contribution is -2.33. The molecule has 0 spiro atoms. The molecule has 3 aromatic rings. The molecule has 1 aliphatic heterocycles. The summed E-state index contributed by atoms with van der Waals surface area (Å²) in [5.41, 5.74) is 11.7. The second kappa shape index (κ2) is 11.1. The summed E-state index contributed by atoms with van der Waals surface area (Å²) in [6.07, 6.45) is 6.87. The number of benzene rings is 3. The van der Waals surface area contributed by atoms with Crippen molar-refractivity contribution in [3.8, 4) is 22.3 Å². The Bertz CT molecular complexity index is 1240. The van der Waals surface area contributed by atoms with Crippen LogP contribution in [0.5, 0.6) is 0 Å². The number of carboxylic acids is 1. The fourth-order valence-electron chi connectivity index (χ4n) is 6.23. The van der Waals surface area contributed by atoms with Crippen LogP contribution in [0, 0.1) is 26.7 Å². The topological polar surface area (TPSA) is 40.5 Å². The largest absolute Gasteiger partial charge is 0.481 e. The van der Waals surface area contributed by atoms with E-state index in [2.05, 4.69) is 93.7 Å². The zero-order valence-corrected chi connectivity index (χ0v) is 23.3. The first kappa shape index (κ1) is 26.3. The summed E-state index contributed by atoms with van der Waals surface area (Å²) < 4.78 is 2.51. The van der Waals surface area contributed by atoms with E-state index in [0.717, 1.165) is 35.1 Å². The third-order valence-electron chi connectivity index (χ3n) is 7.75. The third kappa shape index (κ3) is 4.68. The van der Waals surface area contributed by atoms with Gasteiger partial charge in [-0.3, -0.25) is 4.79 Å². The lowest BCUT2D eigenvalue weighted by atomic mass is 9.76. The minimum Gasteiger partial charge on any atom is -0.481 e. The summed E-state index contributed by atoms with van der Waals surface area (Å²) in [7, 11) is 0. The summed E-state index contributed by atoms with van der Waals surface area (Å²) >= 11 is 1.78. The Hall–Kier alpha value is -2.72. The molecule has 4 heteroatoms. The van der Waals surface area contributed by atoms with Gasteiger partial charge in [0, 0.05) is 11.8 Å². The smallest absolute Gasteiger partial charge is 0.307 e. The highest BCUT2D eigenvalue weighted by atomic mass is 32.2. The van der Waals surface area contributed by atoms with E-state index >= 15 is 0 Å². The molecule has 1 aliphatic rings. The van der Waals surface area contributed by atoms with Gasteiger partial charge in [0.2, 0.25) is 0 Å². The summed E-state index contributed by atoms with van der Waals surface area (Å²) in [6.45, 7) is 11.0. The van der Waals surface area contributed by atoms with Crippen LogP contribution in [0.3, 0.4) is 0 Å². The van der Waals surface area contributed by atoms with Crippen molar-refractivity contribution in [1.29, 1.82) is 0 Å². The van der Waals surface area contributed by atoms with Crippen LogP contribution in [0.2, 0.25) is 0 Å². The molecular formula is C32H39NO2S. The molecular weight excluding hydrogens is 462 g/mol. The van der Waals surface area contributed by atoms with Crippen LogP contribution in [0.25, 0.3) is 22.3 Å². The van der Waals surface area contributed by atoms with E-state index in [4.69, 9.17) is 0 Å². The van der Waals surface area contributed by atoms with Gasteiger partial charge in [0.05, 0.1) is 18.2 Å². The van der Waals surface area contributed by atoms with Gasteiger partial charge in [0.1, 0.15) is 0 Å². The van der Waals surface area contributed by atoms with Crippen LogP contribution in [-0.2, 0) is 11.2 Å². The molecule has 0 radical (unpaired) electrons. The Labute approximate surface area is 221 Å². The van der Waals surface area contributed by atoms with Crippen molar-refractivity contribution in [2.45, 2.75) is 72.8 Å². The fourth-order valence-corrected chi connectivity index (χ4v) is 7.16. The van der Waals surface area contributed by atoms with Crippen LogP contribution in [0.15, 0.2) is 48.5 Å². The molecule has 0 bridgehead atoms. The number of carboxylic acid groups (broad SMARTS) is 1. The highest BCUT2D eigenvalue weighted by Crippen LogP contribution is 2.56. The summed E-state index contributed by atoms with van der Waals surface area (Å²) in [5.74, 6) is -0.245. The maximum Gasteiger partial charge on any atom is 0.307 e. The molecule has 1 unspecified atom stereocenters. The molecule has 1 atom stereocenters. The summed E-state index contributed by atoms with van der Waals surface area (Å²) in [4.78, 5) is 12.1. The molecule has 3 aromatic carbocycles. The number of aliphatic carboxylic acids is 1. The number of aryl methyl sites for hydroxylation is 1.